The molecule has 2 rings (SSSR count). The van der Waals surface area contributed by atoms with Crippen molar-refractivity contribution in [1.29, 1.82) is 0 Å². The monoisotopic (exact) mass is 292 g/mol. The van der Waals surface area contributed by atoms with Crippen molar-refractivity contribution in [1.82, 2.24) is 9.80 Å². The molecule has 1 aliphatic rings. The highest BCUT2D eigenvalue weighted by Crippen LogP contribution is 2.24. The molecule has 114 valence electrons. The van der Waals surface area contributed by atoms with Crippen molar-refractivity contribution in [3.63, 3.8) is 0 Å². The van der Waals surface area contributed by atoms with Gasteiger partial charge in [0, 0.05) is 31.5 Å². The first-order valence-corrected chi connectivity index (χ1v) is 7.18. The lowest BCUT2D eigenvalue weighted by Gasteiger charge is -2.21. The van der Waals surface area contributed by atoms with E-state index in [1.165, 1.54) is 17.0 Å². The van der Waals surface area contributed by atoms with Crippen LogP contribution in [0.15, 0.2) is 24.3 Å². The van der Waals surface area contributed by atoms with E-state index in [1.54, 1.807) is 26.0 Å². The highest BCUT2D eigenvalue weighted by atomic mass is 19.1. The van der Waals surface area contributed by atoms with Crippen LogP contribution < -0.4 is 0 Å². The van der Waals surface area contributed by atoms with Crippen LogP contribution in [0.5, 0.6) is 0 Å². The van der Waals surface area contributed by atoms with Gasteiger partial charge in [-0.3, -0.25) is 14.5 Å². The Balaban J connectivity index is 1.87. The van der Waals surface area contributed by atoms with Gasteiger partial charge in [-0.25, -0.2) is 4.39 Å². The molecule has 1 aromatic rings. The summed E-state index contributed by atoms with van der Waals surface area (Å²) in [5, 5.41) is 0. The van der Waals surface area contributed by atoms with Crippen molar-refractivity contribution in [3.05, 3.63) is 35.6 Å². The molecule has 21 heavy (non-hydrogen) atoms. The molecule has 0 radical (unpaired) electrons. The number of halogens is 1. The predicted molar refractivity (Wildman–Crippen MR) is 77.8 cm³/mol. The number of rotatable bonds is 5. The molecular weight excluding hydrogens is 271 g/mol. The first-order chi connectivity index (χ1) is 9.90. The van der Waals surface area contributed by atoms with E-state index in [-0.39, 0.29) is 29.5 Å². The zero-order valence-electron chi connectivity index (χ0n) is 12.7. The number of benzene rings is 1. The summed E-state index contributed by atoms with van der Waals surface area (Å²) in [6.07, 6.45) is 0. The summed E-state index contributed by atoms with van der Waals surface area (Å²) in [6, 6.07) is 6.34. The van der Waals surface area contributed by atoms with Crippen LogP contribution in [0.2, 0.25) is 0 Å². The third-order valence-corrected chi connectivity index (χ3v) is 4.13. The van der Waals surface area contributed by atoms with E-state index in [9.17, 15) is 14.0 Å². The van der Waals surface area contributed by atoms with Crippen LogP contribution in [-0.4, -0.2) is 41.8 Å². The van der Waals surface area contributed by atoms with Crippen LogP contribution in [0.1, 0.15) is 19.4 Å². The highest BCUT2D eigenvalue weighted by Gasteiger charge is 2.41. The number of likely N-dealkylation sites (tertiary alicyclic amines) is 1. The first-order valence-electron chi connectivity index (χ1n) is 7.18. The maximum absolute atomic E-state index is 12.8. The molecular formula is C16H21FN2O2. The smallest absolute Gasteiger partial charge is 0.232 e. The number of carbonyl (C=O) groups excluding carboxylic acids is 2. The van der Waals surface area contributed by atoms with Crippen LogP contribution in [0.4, 0.5) is 4.39 Å². The molecule has 0 saturated carbocycles. The van der Waals surface area contributed by atoms with Crippen LogP contribution in [0.25, 0.3) is 0 Å². The van der Waals surface area contributed by atoms with Gasteiger partial charge in [-0.2, -0.15) is 0 Å². The van der Waals surface area contributed by atoms with Crippen LogP contribution in [0, 0.1) is 17.7 Å². The van der Waals surface area contributed by atoms with Crippen LogP contribution in [0.3, 0.4) is 0 Å². The second-order valence-corrected chi connectivity index (χ2v) is 5.77. The summed E-state index contributed by atoms with van der Waals surface area (Å²) in [5.74, 6) is -0.859. The maximum atomic E-state index is 12.8. The van der Waals surface area contributed by atoms with Gasteiger partial charge in [-0.05, 0) is 24.7 Å². The Morgan fingerprint density at radius 1 is 1.10 bits per heavy atom. The Labute approximate surface area is 124 Å². The van der Waals surface area contributed by atoms with Gasteiger partial charge in [0.15, 0.2) is 0 Å². The molecule has 4 nitrogen and oxygen atoms in total. The fourth-order valence-electron chi connectivity index (χ4n) is 2.50. The van der Waals surface area contributed by atoms with E-state index >= 15 is 0 Å². The van der Waals surface area contributed by atoms with Gasteiger partial charge in [0.2, 0.25) is 11.8 Å². The normalized spacial score (nSPS) is 22.4. The molecule has 1 saturated heterocycles. The molecule has 5 heteroatoms. The Morgan fingerprint density at radius 3 is 2.14 bits per heavy atom. The summed E-state index contributed by atoms with van der Waals surface area (Å²) in [5.41, 5.74) is 1.000. The van der Waals surface area contributed by atoms with Crippen molar-refractivity contribution in [2.24, 2.45) is 11.8 Å². The quantitative estimate of drug-likeness (QED) is 0.778. The number of imide groups is 1. The molecule has 1 heterocycles. The molecule has 2 atom stereocenters. The number of carbonyl (C=O) groups is 2. The van der Waals surface area contributed by atoms with E-state index in [0.29, 0.717) is 19.6 Å². The van der Waals surface area contributed by atoms with Crippen LogP contribution >= 0.6 is 0 Å². The number of hydrogen-bond donors (Lipinski definition) is 0. The minimum absolute atomic E-state index is 0.0808. The van der Waals surface area contributed by atoms with E-state index in [1.807, 2.05) is 11.9 Å². The summed E-state index contributed by atoms with van der Waals surface area (Å²) >= 11 is 0. The van der Waals surface area contributed by atoms with Crippen molar-refractivity contribution in [3.8, 4) is 0 Å². The van der Waals surface area contributed by atoms with Gasteiger partial charge in [0.05, 0.1) is 0 Å². The number of nitrogens with zero attached hydrogens (tertiary/aromatic N) is 2. The lowest BCUT2D eigenvalue weighted by molar-refractivity contribution is -0.139. The zero-order valence-corrected chi connectivity index (χ0v) is 12.7. The second kappa shape index (κ2) is 6.35. The number of hydrogen-bond acceptors (Lipinski definition) is 3. The number of amides is 2. The molecule has 1 aliphatic heterocycles. The van der Waals surface area contributed by atoms with Gasteiger partial charge in [-0.1, -0.05) is 26.0 Å². The minimum Gasteiger partial charge on any atom is -0.300 e. The Hall–Kier alpha value is -1.75. The van der Waals surface area contributed by atoms with Crippen molar-refractivity contribution < 1.29 is 14.0 Å². The average molecular weight is 292 g/mol. The Morgan fingerprint density at radius 2 is 1.62 bits per heavy atom. The molecule has 0 aromatic heterocycles. The van der Waals surface area contributed by atoms with Gasteiger partial charge < -0.3 is 4.90 Å². The third-order valence-electron chi connectivity index (χ3n) is 4.13. The van der Waals surface area contributed by atoms with Crippen molar-refractivity contribution >= 4 is 11.8 Å². The summed E-state index contributed by atoms with van der Waals surface area (Å²) < 4.78 is 12.8. The fraction of sp³-hybridized carbons (Fsp3) is 0.500. The summed E-state index contributed by atoms with van der Waals surface area (Å²) in [7, 11) is 1.92. The molecule has 0 N–H and O–H groups in total. The molecule has 0 spiro atoms. The second-order valence-electron chi connectivity index (χ2n) is 5.77. The van der Waals surface area contributed by atoms with Gasteiger partial charge in [0.25, 0.3) is 0 Å². The van der Waals surface area contributed by atoms with Crippen molar-refractivity contribution in [2.75, 3.05) is 20.1 Å². The predicted octanol–water partition coefficient (Wildman–Crippen LogP) is 1.90. The number of likely N-dealkylation sites (N-methyl/N-ethyl adjacent to an activating group) is 1. The zero-order chi connectivity index (χ0) is 15.6. The SMILES string of the molecule is C[C@@H]1C(=O)N(CCN(C)Cc2ccc(F)cc2)C(=O)[C@H]1C. The van der Waals surface area contributed by atoms with E-state index in [0.717, 1.165) is 5.56 Å². The largest absolute Gasteiger partial charge is 0.300 e. The van der Waals surface area contributed by atoms with Gasteiger partial charge >= 0.3 is 0 Å². The highest BCUT2D eigenvalue weighted by molar-refractivity contribution is 6.04. The Kier molecular flexibility index (Phi) is 4.73. The average Bonchev–Trinajstić information content (AvgIpc) is 2.64. The molecule has 0 aliphatic carbocycles. The standard InChI is InChI=1S/C16H21FN2O2/c1-11-12(2)16(21)19(15(11)20)9-8-18(3)10-13-4-6-14(17)7-5-13/h4-7,11-12H,8-10H2,1-3H3/t11-,12-/m0/s1. The van der Waals surface area contributed by atoms with Gasteiger partial charge in [0.1, 0.15) is 5.82 Å². The molecule has 1 fully saturated rings. The minimum atomic E-state index is -0.252. The lowest BCUT2D eigenvalue weighted by Crippen LogP contribution is -2.37. The van der Waals surface area contributed by atoms with E-state index < -0.39 is 0 Å². The maximum Gasteiger partial charge on any atom is 0.232 e. The summed E-state index contributed by atoms with van der Waals surface area (Å²) in [4.78, 5) is 27.3. The molecule has 2 amide bonds. The fourth-order valence-corrected chi connectivity index (χ4v) is 2.50. The molecule has 0 bridgehead atoms. The molecule has 1 aromatic carbocycles. The molecule has 0 unspecified atom stereocenters. The van der Waals surface area contributed by atoms with E-state index in [4.69, 9.17) is 0 Å². The topological polar surface area (TPSA) is 40.6 Å². The lowest BCUT2D eigenvalue weighted by atomic mass is 10.00. The van der Waals surface area contributed by atoms with Gasteiger partial charge in [-0.15, -0.1) is 0 Å². The summed E-state index contributed by atoms with van der Waals surface area (Å²) in [6.45, 7) is 5.26. The Bertz CT molecular complexity index is 510. The third kappa shape index (κ3) is 3.47. The van der Waals surface area contributed by atoms with Crippen molar-refractivity contribution in [2.45, 2.75) is 20.4 Å². The van der Waals surface area contributed by atoms with Crippen LogP contribution in [-0.2, 0) is 16.1 Å². The first kappa shape index (κ1) is 15.6. The van der Waals surface area contributed by atoms with E-state index in [2.05, 4.69) is 0 Å².